The van der Waals surface area contributed by atoms with E-state index in [1.54, 1.807) is 4.52 Å². The number of nitrogens with zero attached hydrogens (tertiary/aromatic N) is 5. The molecule has 2 amide bonds. The van der Waals surface area contributed by atoms with Crippen LogP contribution in [-0.2, 0) is 4.79 Å². The average Bonchev–Trinajstić information content (AvgIpc) is 3.20. The highest BCUT2D eigenvalue weighted by Gasteiger charge is 2.42. The summed E-state index contributed by atoms with van der Waals surface area (Å²) >= 11 is 0. The lowest BCUT2D eigenvalue weighted by Crippen LogP contribution is -2.52. The maximum atomic E-state index is 12.5. The molecule has 4 rings (SSSR count). The van der Waals surface area contributed by atoms with E-state index in [2.05, 4.69) is 10.1 Å². The van der Waals surface area contributed by atoms with Gasteiger partial charge in [0.15, 0.2) is 5.65 Å². The number of carbonyl (C=O) groups is 2. The Balaban J connectivity index is 1.43. The minimum absolute atomic E-state index is 0.00989. The van der Waals surface area contributed by atoms with Gasteiger partial charge in [-0.25, -0.2) is 14.3 Å². The highest BCUT2D eigenvalue weighted by atomic mass is 16.4. The van der Waals surface area contributed by atoms with E-state index in [0.717, 1.165) is 11.2 Å². The van der Waals surface area contributed by atoms with E-state index in [1.807, 2.05) is 35.4 Å². The predicted octanol–water partition coefficient (Wildman–Crippen LogP) is 1.34. The van der Waals surface area contributed by atoms with Gasteiger partial charge in [-0.05, 0) is 25.0 Å². The number of pyridine rings is 1. The summed E-state index contributed by atoms with van der Waals surface area (Å²) in [6, 6.07) is 3.88. The highest BCUT2D eigenvalue weighted by Crippen LogP contribution is 2.30. The van der Waals surface area contributed by atoms with E-state index in [4.69, 9.17) is 5.11 Å². The van der Waals surface area contributed by atoms with E-state index in [1.165, 1.54) is 11.2 Å². The first-order valence-electron chi connectivity index (χ1n) is 8.37. The Morgan fingerprint density at radius 3 is 3.12 bits per heavy atom. The van der Waals surface area contributed by atoms with Crippen molar-refractivity contribution in [2.75, 3.05) is 19.6 Å². The van der Waals surface area contributed by atoms with Crippen molar-refractivity contribution < 1.29 is 14.7 Å². The molecule has 0 saturated carbocycles. The molecule has 2 fully saturated rings. The zero-order valence-corrected chi connectivity index (χ0v) is 13.7. The number of fused-ring (bicyclic) bond motifs is 2. The minimum Gasteiger partial charge on any atom is -0.465 e. The van der Waals surface area contributed by atoms with Crippen LogP contribution in [0, 0.1) is 5.92 Å². The molecule has 0 bridgehead atoms. The molecule has 1 N–H and O–H groups in total. The maximum absolute atomic E-state index is 12.5. The van der Waals surface area contributed by atoms with Crippen LogP contribution in [0.15, 0.2) is 30.7 Å². The fourth-order valence-corrected chi connectivity index (χ4v) is 3.74. The molecule has 130 valence electrons. The van der Waals surface area contributed by atoms with Crippen molar-refractivity contribution in [2.24, 2.45) is 5.92 Å². The van der Waals surface area contributed by atoms with Gasteiger partial charge in [0.1, 0.15) is 6.33 Å². The van der Waals surface area contributed by atoms with Gasteiger partial charge < -0.3 is 14.9 Å². The first-order valence-corrected chi connectivity index (χ1v) is 8.37. The molecule has 8 heteroatoms. The summed E-state index contributed by atoms with van der Waals surface area (Å²) in [6.45, 7) is 1.31. The van der Waals surface area contributed by atoms with Gasteiger partial charge in [-0.2, -0.15) is 5.10 Å². The summed E-state index contributed by atoms with van der Waals surface area (Å²) < 4.78 is 1.71. The van der Waals surface area contributed by atoms with Gasteiger partial charge in [-0.3, -0.25) is 4.79 Å². The second kappa shape index (κ2) is 6.19. The number of rotatable bonds is 3. The van der Waals surface area contributed by atoms with Crippen molar-refractivity contribution in [3.8, 4) is 0 Å². The van der Waals surface area contributed by atoms with Crippen LogP contribution in [0.25, 0.3) is 11.7 Å². The largest absolute Gasteiger partial charge is 0.465 e. The van der Waals surface area contributed by atoms with Gasteiger partial charge in [0.2, 0.25) is 5.91 Å². The van der Waals surface area contributed by atoms with Crippen molar-refractivity contribution in [1.82, 2.24) is 24.4 Å². The van der Waals surface area contributed by atoms with Gasteiger partial charge in [-0.15, -0.1) is 0 Å². The second-order valence-electron chi connectivity index (χ2n) is 6.48. The number of piperazine rings is 1. The summed E-state index contributed by atoms with van der Waals surface area (Å²) in [6.07, 6.45) is 7.77. The molecule has 0 aromatic carbocycles. The molecule has 2 aromatic rings. The predicted molar refractivity (Wildman–Crippen MR) is 89.8 cm³/mol. The molecule has 2 aliphatic rings. The van der Waals surface area contributed by atoms with Gasteiger partial charge in [0.25, 0.3) is 0 Å². The molecule has 2 atom stereocenters. The number of hydrogen-bond donors (Lipinski definition) is 1. The van der Waals surface area contributed by atoms with E-state index >= 15 is 0 Å². The molecule has 2 saturated heterocycles. The number of amides is 2. The van der Waals surface area contributed by atoms with Crippen molar-refractivity contribution in [3.63, 3.8) is 0 Å². The fourth-order valence-electron chi connectivity index (χ4n) is 3.74. The van der Waals surface area contributed by atoms with Gasteiger partial charge in [-0.1, -0.05) is 12.2 Å². The van der Waals surface area contributed by atoms with E-state index in [9.17, 15) is 9.59 Å². The lowest BCUT2D eigenvalue weighted by Gasteiger charge is -2.35. The molecule has 0 spiro atoms. The zero-order chi connectivity index (χ0) is 17.4. The zero-order valence-electron chi connectivity index (χ0n) is 13.7. The number of carbonyl (C=O) groups excluding carboxylic acids is 1. The standard InChI is InChI=1S/C17H19N5O3/c23-16-13(9-14-10-20(17(24)25)7-8-21(14)16)4-1-3-12-5-2-6-22-15(12)18-11-19-22/h1-3,5-6,11,13-14H,4,7-10H2,(H,24,25)/b3-1-. The summed E-state index contributed by atoms with van der Waals surface area (Å²) in [5.74, 6) is 0.0629. The Hall–Kier alpha value is -2.90. The van der Waals surface area contributed by atoms with Gasteiger partial charge in [0, 0.05) is 37.3 Å². The average molecular weight is 341 g/mol. The van der Waals surface area contributed by atoms with Crippen LogP contribution in [0.3, 0.4) is 0 Å². The van der Waals surface area contributed by atoms with Crippen LogP contribution in [0.2, 0.25) is 0 Å². The monoisotopic (exact) mass is 341 g/mol. The van der Waals surface area contributed by atoms with E-state index < -0.39 is 6.09 Å². The third kappa shape index (κ3) is 2.84. The number of carboxylic acid groups (broad SMARTS) is 1. The molecule has 8 nitrogen and oxygen atoms in total. The molecule has 0 radical (unpaired) electrons. The van der Waals surface area contributed by atoms with Crippen LogP contribution in [0.4, 0.5) is 4.79 Å². The lowest BCUT2D eigenvalue weighted by molar-refractivity contribution is -0.133. The Kier molecular flexibility index (Phi) is 3.87. The minimum atomic E-state index is -0.906. The third-order valence-electron chi connectivity index (χ3n) is 4.99. The topological polar surface area (TPSA) is 91.0 Å². The molecular formula is C17H19N5O3. The van der Waals surface area contributed by atoms with Crippen molar-refractivity contribution in [1.29, 1.82) is 0 Å². The Labute approximate surface area is 144 Å². The maximum Gasteiger partial charge on any atom is 0.407 e. The summed E-state index contributed by atoms with van der Waals surface area (Å²) in [5.41, 5.74) is 1.74. The van der Waals surface area contributed by atoms with Crippen LogP contribution in [0.1, 0.15) is 18.4 Å². The molecule has 25 heavy (non-hydrogen) atoms. The van der Waals surface area contributed by atoms with Gasteiger partial charge in [0.05, 0.1) is 6.04 Å². The van der Waals surface area contributed by atoms with Crippen molar-refractivity contribution >= 4 is 23.7 Å². The van der Waals surface area contributed by atoms with Crippen molar-refractivity contribution in [2.45, 2.75) is 18.9 Å². The highest BCUT2D eigenvalue weighted by molar-refractivity contribution is 5.82. The fraction of sp³-hybridized carbons (Fsp3) is 0.412. The molecule has 2 unspecified atom stereocenters. The number of aromatic nitrogens is 3. The SMILES string of the molecule is O=C(O)N1CCN2C(=O)C(C/C=C\c3cccn4ncnc34)CC2C1. The normalized spacial score (nSPS) is 23.6. The number of allylic oxidation sites excluding steroid dienone is 1. The lowest BCUT2D eigenvalue weighted by atomic mass is 10.00. The summed E-state index contributed by atoms with van der Waals surface area (Å²) in [7, 11) is 0. The smallest absolute Gasteiger partial charge is 0.407 e. The van der Waals surface area contributed by atoms with Crippen molar-refractivity contribution in [3.05, 3.63) is 36.3 Å². The van der Waals surface area contributed by atoms with E-state index in [-0.39, 0.29) is 17.9 Å². The first kappa shape index (κ1) is 15.6. The van der Waals surface area contributed by atoms with Crippen LogP contribution in [0.5, 0.6) is 0 Å². The van der Waals surface area contributed by atoms with Crippen LogP contribution >= 0.6 is 0 Å². The Morgan fingerprint density at radius 2 is 2.28 bits per heavy atom. The summed E-state index contributed by atoms with van der Waals surface area (Å²) in [5, 5.41) is 13.2. The first-order chi connectivity index (χ1) is 12.1. The molecule has 0 aliphatic carbocycles. The van der Waals surface area contributed by atoms with Crippen LogP contribution < -0.4 is 0 Å². The summed E-state index contributed by atoms with van der Waals surface area (Å²) in [4.78, 5) is 31.1. The van der Waals surface area contributed by atoms with Gasteiger partial charge >= 0.3 is 6.09 Å². The van der Waals surface area contributed by atoms with E-state index in [0.29, 0.717) is 32.5 Å². The Morgan fingerprint density at radius 1 is 1.40 bits per heavy atom. The van der Waals surface area contributed by atoms with Crippen LogP contribution in [-0.4, -0.2) is 67.2 Å². The molecule has 2 aromatic heterocycles. The second-order valence-corrected chi connectivity index (χ2v) is 6.48. The molecular weight excluding hydrogens is 322 g/mol. The Bertz CT molecular complexity index is 846. The molecule has 4 heterocycles. The third-order valence-corrected chi connectivity index (χ3v) is 4.99. The molecule has 2 aliphatic heterocycles. The number of hydrogen-bond acceptors (Lipinski definition) is 4. The quantitative estimate of drug-likeness (QED) is 0.910.